The number of nitrogens with zero attached hydrogens (tertiary/aromatic N) is 1. The first-order valence-corrected chi connectivity index (χ1v) is 8.07. The maximum absolute atomic E-state index is 12.5. The van der Waals surface area contributed by atoms with Crippen molar-refractivity contribution in [1.82, 2.24) is 0 Å². The van der Waals surface area contributed by atoms with Gasteiger partial charge in [0.15, 0.2) is 5.17 Å². The van der Waals surface area contributed by atoms with E-state index >= 15 is 0 Å². The van der Waals surface area contributed by atoms with Crippen LogP contribution in [-0.4, -0.2) is 17.5 Å². The highest BCUT2D eigenvalue weighted by Crippen LogP contribution is 2.43. The first kappa shape index (κ1) is 14.8. The minimum Gasteiger partial charge on any atom is -0.335 e. The van der Waals surface area contributed by atoms with E-state index in [9.17, 15) is 13.2 Å². The van der Waals surface area contributed by atoms with Crippen molar-refractivity contribution in [2.24, 2.45) is 10.4 Å². The molecular weight excluding hydrogens is 297 g/mol. The van der Waals surface area contributed by atoms with Gasteiger partial charge in [0.05, 0.1) is 5.56 Å². The molecule has 0 radical (unpaired) electrons. The van der Waals surface area contributed by atoms with E-state index < -0.39 is 11.7 Å². The van der Waals surface area contributed by atoms with E-state index in [0.29, 0.717) is 11.1 Å². The molecule has 1 aliphatic heterocycles. The summed E-state index contributed by atoms with van der Waals surface area (Å²) in [5.74, 6) is 1.06. The van der Waals surface area contributed by atoms with Crippen molar-refractivity contribution in [2.75, 3.05) is 17.6 Å². The Balaban J connectivity index is 1.63. The van der Waals surface area contributed by atoms with E-state index in [-0.39, 0.29) is 0 Å². The molecule has 0 saturated heterocycles. The number of halogens is 3. The molecule has 2 nitrogen and oxygen atoms in total. The highest BCUT2D eigenvalue weighted by atomic mass is 32.2. The third-order valence-corrected chi connectivity index (χ3v) is 5.46. The van der Waals surface area contributed by atoms with Crippen LogP contribution in [0.1, 0.15) is 31.2 Å². The van der Waals surface area contributed by atoms with Crippen molar-refractivity contribution in [3.8, 4) is 0 Å². The Morgan fingerprint density at radius 3 is 2.29 bits per heavy atom. The molecule has 1 N–H and O–H groups in total. The number of nitrogens with one attached hydrogen (secondary N) is 1. The molecule has 0 bridgehead atoms. The second-order valence-corrected chi connectivity index (χ2v) is 6.78. The van der Waals surface area contributed by atoms with Gasteiger partial charge in [0, 0.05) is 18.0 Å². The summed E-state index contributed by atoms with van der Waals surface area (Å²) < 4.78 is 37.5. The third kappa shape index (κ3) is 3.36. The number of benzene rings is 1. The third-order valence-electron chi connectivity index (χ3n) is 4.20. The lowest BCUT2D eigenvalue weighted by molar-refractivity contribution is -0.137. The van der Waals surface area contributed by atoms with Crippen LogP contribution in [0.3, 0.4) is 0 Å². The van der Waals surface area contributed by atoms with E-state index in [0.717, 1.165) is 29.6 Å². The number of rotatable bonds is 1. The van der Waals surface area contributed by atoms with Crippen molar-refractivity contribution in [2.45, 2.75) is 31.9 Å². The molecule has 0 unspecified atom stereocenters. The van der Waals surface area contributed by atoms with Crippen LogP contribution >= 0.6 is 11.8 Å². The van der Waals surface area contributed by atoms with Gasteiger partial charge in [-0.25, -0.2) is 0 Å². The van der Waals surface area contributed by atoms with Gasteiger partial charge < -0.3 is 5.32 Å². The van der Waals surface area contributed by atoms with Crippen molar-refractivity contribution in [3.63, 3.8) is 0 Å². The summed E-state index contributed by atoms with van der Waals surface area (Å²) in [5, 5.41) is 3.92. The maximum atomic E-state index is 12.5. The number of anilines is 1. The first-order chi connectivity index (χ1) is 9.97. The van der Waals surface area contributed by atoms with Crippen LogP contribution < -0.4 is 5.32 Å². The predicted octanol–water partition coefficient (Wildman–Crippen LogP) is 4.78. The van der Waals surface area contributed by atoms with E-state index in [1.165, 1.54) is 37.8 Å². The molecule has 1 spiro atoms. The molecule has 1 aromatic rings. The largest absolute Gasteiger partial charge is 0.416 e. The van der Waals surface area contributed by atoms with Crippen molar-refractivity contribution < 1.29 is 13.2 Å². The molecule has 0 amide bonds. The van der Waals surface area contributed by atoms with E-state index in [2.05, 4.69) is 10.3 Å². The van der Waals surface area contributed by atoms with Crippen LogP contribution in [0.25, 0.3) is 0 Å². The average molecular weight is 314 g/mol. The lowest BCUT2D eigenvalue weighted by Crippen LogP contribution is -2.30. The number of alkyl halides is 3. The fourth-order valence-corrected chi connectivity index (χ4v) is 4.09. The minimum absolute atomic E-state index is 0.371. The van der Waals surface area contributed by atoms with Gasteiger partial charge in [0.1, 0.15) is 0 Å². The Morgan fingerprint density at radius 2 is 1.76 bits per heavy atom. The zero-order valence-corrected chi connectivity index (χ0v) is 12.4. The van der Waals surface area contributed by atoms with Crippen LogP contribution in [0, 0.1) is 5.41 Å². The number of hydrogen-bond donors (Lipinski definition) is 1. The van der Waals surface area contributed by atoms with Crippen molar-refractivity contribution in [3.05, 3.63) is 29.8 Å². The Hall–Kier alpha value is -1.17. The Kier molecular flexibility index (Phi) is 3.90. The van der Waals surface area contributed by atoms with E-state index in [1.807, 2.05) is 0 Å². The topological polar surface area (TPSA) is 24.4 Å². The van der Waals surface area contributed by atoms with Gasteiger partial charge in [0.25, 0.3) is 0 Å². The molecule has 1 heterocycles. The van der Waals surface area contributed by atoms with E-state index in [1.54, 1.807) is 11.8 Å². The standard InChI is InChI=1S/C15H17F3N2S/c16-15(17,18)11-3-5-12(6-4-11)20-13-19-9-14(10-21-13)7-1-2-8-14/h3-6H,1-2,7-10H2,(H,19,20). The molecule has 0 atom stereocenters. The number of hydrogen-bond acceptors (Lipinski definition) is 3. The molecule has 21 heavy (non-hydrogen) atoms. The number of aliphatic imine (C=N–C) groups is 1. The Labute approximate surface area is 126 Å². The van der Waals surface area contributed by atoms with Gasteiger partial charge in [-0.1, -0.05) is 24.6 Å². The lowest BCUT2D eigenvalue weighted by atomic mass is 9.89. The van der Waals surface area contributed by atoms with Gasteiger partial charge in [-0.2, -0.15) is 13.2 Å². The number of thioether (sulfide) groups is 1. The summed E-state index contributed by atoms with van der Waals surface area (Å²) in [5.41, 5.74) is 0.392. The minimum atomic E-state index is -4.29. The Morgan fingerprint density at radius 1 is 1.10 bits per heavy atom. The second-order valence-electron chi connectivity index (χ2n) is 5.82. The molecule has 1 aliphatic carbocycles. The monoisotopic (exact) mass is 314 g/mol. The summed E-state index contributed by atoms with van der Waals surface area (Å²) in [6, 6.07) is 5.08. The fraction of sp³-hybridized carbons (Fsp3) is 0.533. The average Bonchev–Trinajstić information content (AvgIpc) is 2.90. The van der Waals surface area contributed by atoms with Gasteiger partial charge in [-0.15, -0.1) is 0 Å². The summed E-state index contributed by atoms with van der Waals surface area (Å²) >= 11 is 1.68. The van der Waals surface area contributed by atoms with Gasteiger partial charge in [0.2, 0.25) is 0 Å². The van der Waals surface area contributed by atoms with Gasteiger partial charge in [-0.05, 0) is 42.5 Å². The van der Waals surface area contributed by atoms with Crippen LogP contribution in [0.5, 0.6) is 0 Å². The Bertz CT molecular complexity index is 531. The first-order valence-electron chi connectivity index (χ1n) is 7.09. The number of amidine groups is 1. The zero-order valence-electron chi connectivity index (χ0n) is 11.5. The molecule has 1 aromatic carbocycles. The van der Waals surface area contributed by atoms with Crippen LogP contribution in [-0.2, 0) is 6.18 Å². The molecule has 6 heteroatoms. The molecule has 1 fully saturated rings. The highest BCUT2D eigenvalue weighted by Gasteiger charge is 2.36. The summed E-state index contributed by atoms with van der Waals surface area (Å²) in [6.45, 7) is 0.836. The smallest absolute Gasteiger partial charge is 0.335 e. The van der Waals surface area contributed by atoms with Crippen molar-refractivity contribution in [1.29, 1.82) is 0 Å². The fourth-order valence-electron chi connectivity index (χ4n) is 2.92. The lowest BCUT2D eigenvalue weighted by Gasteiger charge is -2.31. The van der Waals surface area contributed by atoms with Crippen molar-refractivity contribution >= 4 is 22.6 Å². The van der Waals surface area contributed by atoms with E-state index in [4.69, 9.17) is 0 Å². The summed E-state index contributed by atoms with van der Waals surface area (Å²) in [6.07, 6.45) is 0.786. The van der Waals surface area contributed by atoms with Crippen LogP contribution in [0.4, 0.5) is 18.9 Å². The second kappa shape index (κ2) is 5.55. The van der Waals surface area contributed by atoms with Gasteiger partial charge >= 0.3 is 6.18 Å². The molecular formula is C15H17F3N2S. The summed E-state index contributed by atoms with van der Waals surface area (Å²) in [4.78, 5) is 4.58. The quantitative estimate of drug-likeness (QED) is 0.806. The maximum Gasteiger partial charge on any atom is 0.416 e. The van der Waals surface area contributed by atoms with Crippen LogP contribution in [0.15, 0.2) is 29.3 Å². The SMILES string of the molecule is FC(F)(F)c1ccc(NC2=NCC3(CCCC3)CS2)cc1. The molecule has 2 aliphatic rings. The van der Waals surface area contributed by atoms with Crippen LogP contribution in [0.2, 0.25) is 0 Å². The summed E-state index contributed by atoms with van der Waals surface area (Å²) in [7, 11) is 0. The molecule has 3 rings (SSSR count). The molecule has 1 saturated carbocycles. The zero-order chi connectivity index (χ0) is 14.9. The molecule has 114 valence electrons. The molecule has 0 aromatic heterocycles. The normalized spacial score (nSPS) is 21.4. The predicted molar refractivity (Wildman–Crippen MR) is 80.7 cm³/mol. The highest BCUT2D eigenvalue weighted by molar-refractivity contribution is 8.14. The van der Waals surface area contributed by atoms with Gasteiger partial charge in [-0.3, -0.25) is 4.99 Å².